The average molecular weight is 390 g/mol. The van der Waals surface area contributed by atoms with E-state index in [-0.39, 0.29) is 24.8 Å². The Bertz CT molecular complexity index is 1320. The lowest BCUT2D eigenvalue weighted by atomic mass is 10.2. The minimum atomic E-state index is -0.294. The molecule has 2 aromatic heterocycles. The number of hydrogen-bond donors (Lipinski definition) is 1. The third-order valence-electron chi connectivity index (χ3n) is 4.97. The van der Waals surface area contributed by atoms with Gasteiger partial charge < -0.3 is 14.8 Å². The molecule has 2 aromatic carbocycles. The SMILES string of the molecule is Cc1cc(=O)nc2c3ccccc3n(CC(=O)NCc3ccc4c(c3)OCO4)n12. The predicted octanol–water partition coefficient (Wildman–Crippen LogP) is 2.00. The molecule has 1 amide bonds. The number of nitrogens with one attached hydrogen (secondary N) is 1. The van der Waals surface area contributed by atoms with Gasteiger partial charge in [-0.15, -0.1) is 0 Å². The van der Waals surface area contributed by atoms with Crippen LogP contribution < -0.4 is 20.3 Å². The fraction of sp³-hybridized carbons (Fsp3) is 0.190. The smallest absolute Gasteiger partial charge is 0.273 e. The first-order chi connectivity index (χ1) is 14.1. The molecule has 29 heavy (non-hydrogen) atoms. The third-order valence-corrected chi connectivity index (χ3v) is 4.97. The highest BCUT2D eigenvalue weighted by atomic mass is 16.7. The second kappa shape index (κ2) is 6.66. The van der Waals surface area contributed by atoms with E-state index in [1.165, 1.54) is 6.07 Å². The minimum Gasteiger partial charge on any atom is -0.454 e. The Morgan fingerprint density at radius 3 is 2.86 bits per heavy atom. The molecule has 1 aliphatic rings. The number of para-hydroxylation sites is 1. The largest absolute Gasteiger partial charge is 0.454 e. The van der Waals surface area contributed by atoms with E-state index in [2.05, 4.69) is 10.3 Å². The molecular formula is C21H18N4O4. The van der Waals surface area contributed by atoms with Crippen LogP contribution in [0.25, 0.3) is 16.6 Å². The number of carbonyl (C=O) groups is 1. The number of hydrogen-bond acceptors (Lipinski definition) is 5. The number of amides is 1. The van der Waals surface area contributed by atoms with E-state index in [0.717, 1.165) is 22.2 Å². The van der Waals surface area contributed by atoms with Crippen molar-refractivity contribution < 1.29 is 14.3 Å². The van der Waals surface area contributed by atoms with Crippen LogP contribution in [-0.4, -0.2) is 26.9 Å². The minimum absolute atomic E-state index is 0.0972. The second-order valence-corrected chi connectivity index (χ2v) is 6.91. The molecule has 5 rings (SSSR count). The van der Waals surface area contributed by atoms with Crippen molar-refractivity contribution >= 4 is 22.5 Å². The van der Waals surface area contributed by atoms with Gasteiger partial charge in [-0.3, -0.25) is 14.3 Å². The van der Waals surface area contributed by atoms with Crippen LogP contribution in [0.3, 0.4) is 0 Å². The van der Waals surface area contributed by atoms with Crippen LogP contribution in [0.4, 0.5) is 0 Å². The van der Waals surface area contributed by atoms with Crippen molar-refractivity contribution in [2.75, 3.05) is 6.79 Å². The normalized spacial score (nSPS) is 12.6. The summed E-state index contributed by atoms with van der Waals surface area (Å²) in [5.74, 6) is 1.25. The summed E-state index contributed by atoms with van der Waals surface area (Å²) in [6.45, 7) is 2.52. The first-order valence-corrected chi connectivity index (χ1v) is 9.23. The fourth-order valence-corrected chi connectivity index (χ4v) is 3.66. The maximum Gasteiger partial charge on any atom is 0.273 e. The molecule has 3 heterocycles. The van der Waals surface area contributed by atoms with Gasteiger partial charge in [-0.1, -0.05) is 18.2 Å². The van der Waals surface area contributed by atoms with Gasteiger partial charge in [0.15, 0.2) is 17.1 Å². The molecule has 0 aliphatic carbocycles. The van der Waals surface area contributed by atoms with E-state index in [1.807, 2.05) is 58.6 Å². The lowest BCUT2D eigenvalue weighted by Gasteiger charge is -2.11. The summed E-state index contributed by atoms with van der Waals surface area (Å²) < 4.78 is 14.3. The molecule has 0 unspecified atom stereocenters. The number of carbonyl (C=O) groups excluding carboxylic acids is 1. The highest BCUT2D eigenvalue weighted by Gasteiger charge is 2.16. The average Bonchev–Trinajstić information content (AvgIpc) is 3.29. The highest BCUT2D eigenvalue weighted by molar-refractivity contribution is 5.93. The number of rotatable bonds is 4. The zero-order valence-corrected chi connectivity index (χ0v) is 15.7. The molecule has 8 heteroatoms. The Morgan fingerprint density at radius 1 is 1.14 bits per heavy atom. The van der Waals surface area contributed by atoms with Crippen LogP contribution in [0.15, 0.2) is 53.3 Å². The monoisotopic (exact) mass is 390 g/mol. The van der Waals surface area contributed by atoms with E-state index >= 15 is 0 Å². The Morgan fingerprint density at radius 2 is 1.97 bits per heavy atom. The van der Waals surface area contributed by atoms with Gasteiger partial charge >= 0.3 is 0 Å². The van der Waals surface area contributed by atoms with Crippen LogP contribution in [0, 0.1) is 6.92 Å². The van der Waals surface area contributed by atoms with Gasteiger partial charge in [0.25, 0.3) is 5.56 Å². The summed E-state index contributed by atoms with van der Waals surface area (Å²) in [7, 11) is 0. The molecule has 0 fully saturated rings. The number of ether oxygens (including phenoxy) is 2. The number of nitrogens with zero attached hydrogens (tertiary/aromatic N) is 3. The van der Waals surface area contributed by atoms with Crippen LogP contribution in [0.5, 0.6) is 11.5 Å². The molecule has 0 atom stereocenters. The van der Waals surface area contributed by atoms with Crippen LogP contribution in [0.2, 0.25) is 0 Å². The van der Waals surface area contributed by atoms with Crippen molar-refractivity contribution in [3.05, 3.63) is 70.1 Å². The lowest BCUT2D eigenvalue weighted by Crippen LogP contribution is -2.29. The first-order valence-electron chi connectivity index (χ1n) is 9.23. The van der Waals surface area contributed by atoms with Crippen LogP contribution in [0.1, 0.15) is 11.3 Å². The molecule has 146 valence electrons. The molecule has 0 spiro atoms. The Balaban J connectivity index is 1.43. The predicted molar refractivity (Wildman–Crippen MR) is 106 cm³/mol. The van der Waals surface area contributed by atoms with Gasteiger partial charge in [-0.25, -0.2) is 4.52 Å². The Kier molecular flexibility index (Phi) is 3.97. The Hall–Kier alpha value is -3.81. The summed E-state index contributed by atoms with van der Waals surface area (Å²) in [5, 5.41) is 3.77. The van der Waals surface area contributed by atoms with E-state index < -0.39 is 0 Å². The van der Waals surface area contributed by atoms with Gasteiger partial charge in [-0.05, 0) is 36.8 Å². The Labute approximate surface area is 165 Å². The van der Waals surface area contributed by atoms with Crippen LogP contribution in [-0.2, 0) is 17.9 Å². The maximum atomic E-state index is 12.7. The number of benzene rings is 2. The van der Waals surface area contributed by atoms with Crippen molar-refractivity contribution in [3.63, 3.8) is 0 Å². The summed E-state index contributed by atoms with van der Waals surface area (Å²) in [5.41, 5.74) is 2.74. The van der Waals surface area contributed by atoms with Gasteiger partial charge in [0, 0.05) is 23.7 Å². The first kappa shape index (κ1) is 17.3. The van der Waals surface area contributed by atoms with Gasteiger partial charge in [0.1, 0.15) is 6.54 Å². The molecule has 0 saturated carbocycles. The van der Waals surface area contributed by atoms with E-state index in [9.17, 15) is 9.59 Å². The number of aromatic nitrogens is 3. The molecule has 1 aliphatic heterocycles. The van der Waals surface area contributed by atoms with Crippen LogP contribution >= 0.6 is 0 Å². The highest BCUT2D eigenvalue weighted by Crippen LogP contribution is 2.32. The van der Waals surface area contributed by atoms with E-state index in [1.54, 1.807) is 0 Å². The summed E-state index contributed by atoms with van der Waals surface area (Å²) in [6, 6.07) is 14.7. The van der Waals surface area contributed by atoms with Gasteiger partial charge in [0.05, 0.1) is 5.52 Å². The number of fused-ring (bicyclic) bond motifs is 4. The van der Waals surface area contributed by atoms with Crippen molar-refractivity contribution in [2.24, 2.45) is 0 Å². The molecular weight excluding hydrogens is 372 g/mol. The van der Waals surface area contributed by atoms with Crippen molar-refractivity contribution in [3.8, 4) is 11.5 Å². The van der Waals surface area contributed by atoms with Crippen molar-refractivity contribution in [1.82, 2.24) is 19.5 Å². The van der Waals surface area contributed by atoms with E-state index in [4.69, 9.17) is 9.47 Å². The van der Waals surface area contributed by atoms with Crippen molar-refractivity contribution in [1.29, 1.82) is 0 Å². The summed E-state index contributed by atoms with van der Waals surface area (Å²) in [4.78, 5) is 28.7. The van der Waals surface area contributed by atoms with Gasteiger partial charge in [-0.2, -0.15) is 4.98 Å². The quantitative estimate of drug-likeness (QED) is 0.576. The standard InChI is InChI=1S/C21H18N4O4/c1-13-8-19(26)23-21-15-4-2-3-5-16(15)24(25(13)21)11-20(27)22-10-14-6-7-17-18(9-14)29-12-28-17/h2-9H,10-12H2,1H3,(H,22,27). The molecule has 4 aromatic rings. The second-order valence-electron chi connectivity index (χ2n) is 6.91. The van der Waals surface area contributed by atoms with Gasteiger partial charge in [0.2, 0.25) is 12.7 Å². The molecule has 1 N–H and O–H groups in total. The summed E-state index contributed by atoms with van der Waals surface area (Å²) >= 11 is 0. The van der Waals surface area contributed by atoms with Crippen molar-refractivity contribution in [2.45, 2.75) is 20.0 Å². The molecule has 0 radical (unpaired) electrons. The fourth-order valence-electron chi connectivity index (χ4n) is 3.66. The zero-order chi connectivity index (χ0) is 20.0. The zero-order valence-electron chi connectivity index (χ0n) is 15.7. The maximum absolute atomic E-state index is 12.7. The topological polar surface area (TPSA) is 86.9 Å². The lowest BCUT2D eigenvalue weighted by molar-refractivity contribution is -0.122. The molecule has 0 saturated heterocycles. The molecule has 0 bridgehead atoms. The molecule has 8 nitrogen and oxygen atoms in total. The number of aryl methyl sites for hydroxylation is 1. The third kappa shape index (κ3) is 2.98. The summed E-state index contributed by atoms with van der Waals surface area (Å²) in [6.07, 6.45) is 0. The van der Waals surface area contributed by atoms with E-state index in [0.29, 0.717) is 23.7 Å².